The predicted molar refractivity (Wildman–Crippen MR) is 96.2 cm³/mol. The molecular weight excluding hydrogens is 351 g/mol. The number of carbonyl (C=O) groups excluding carboxylic acids is 1. The predicted octanol–water partition coefficient (Wildman–Crippen LogP) is 1.87. The molecule has 0 heterocycles. The van der Waals surface area contributed by atoms with E-state index in [4.69, 9.17) is 0 Å². The number of aliphatic hydroxyl groups is 4. The lowest BCUT2D eigenvalue weighted by Gasteiger charge is -2.60. The van der Waals surface area contributed by atoms with Crippen LogP contribution in [0.15, 0.2) is 11.4 Å². The third-order valence-electron chi connectivity index (χ3n) is 8.82. The van der Waals surface area contributed by atoms with E-state index in [1.807, 2.05) is 13.8 Å². The zero-order valence-electron chi connectivity index (χ0n) is 16.1. The highest BCUT2D eigenvalue weighted by Crippen LogP contribution is 2.68. The van der Waals surface area contributed by atoms with Gasteiger partial charge in [-0.3, -0.25) is 4.79 Å². The largest absolute Gasteiger partial charge is 0.393 e. The second-order valence-corrected chi connectivity index (χ2v) is 9.87. The second kappa shape index (κ2) is 6.09. The van der Waals surface area contributed by atoms with Crippen molar-refractivity contribution in [3.05, 3.63) is 11.4 Å². The van der Waals surface area contributed by atoms with E-state index in [0.29, 0.717) is 31.3 Å². The summed E-state index contributed by atoms with van der Waals surface area (Å²) in [6.07, 6.45) is 1.59. The van der Waals surface area contributed by atoms with Crippen LogP contribution >= 0.6 is 0 Å². The average molecular weight is 382 g/mol. The van der Waals surface area contributed by atoms with Gasteiger partial charge in [-0.25, -0.2) is 4.39 Å². The number of fused-ring (bicyclic) bond motifs is 5. The molecule has 0 aromatic heterocycles. The smallest absolute Gasteiger partial charge is 0.190 e. The minimum Gasteiger partial charge on any atom is -0.393 e. The molecule has 3 fully saturated rings. The molecule has 0 saturated heterocycles. The Labute approximate surface area is 159 Å². The fourth-order valence-electron chi connectivity index (χ4n) is 7.44. The number of allylic oxidation sites excluding steroid dienone is 1. The lowest BCUT2D eigenvalue weighted by Crippen LogP contribution is -2.62. The number of Topliss-reactive ketones (excluding diaryl/α,β-unsaturated/α-hetero) is 1. The summed E-state index contributed by atoms with van der Waals surface area (Å²) >= 11 is 0. The Kier molecular flexibility index (Phi) is 4.39. The summed E-state index contributed by atoms with van der Waals surface area (Å²) in [6.45, 7) is 3.11. The van der Waals surface area contributed by atoms with Gasteiger partial charge in [0.05, 0.1) is 12.2 Å². The van der Waals surface area contributed by atoms with Crippen LogP contribution in [0.25, 0.3) is 0 Å². The molecular formula is C21H31FO5. The van der Waals surface area contributed by atoms with E-state index in [9.17, 15) is 25.2 Å². The van der Waals surface area contributed by atoms with E-state index < -0.39 is 41.0 Å². The van der Waals surface area contributed by atoms with E-state index in [1.165, 1.54) is 0 Å². The van der Waals surface area contributed by atoms with Crippen molar-refractivity contribution < 1.29 is 29.6 Å². The molecule has 6 heteroatoms. The van der Waals surface area contributed by atoms with Gasteiger partial charge < -0.3 is 20.4 Å². The van der Waals surface area contributed by atoms with Crippen LogP contribution in [0.3, 0.4) is 0 Å². The normalized spacial score (nSPS) is 52.2. The Morgan fingerprint density at radius 1 is 1.19 bits per heavy atom. The van der Waals surface area contributed by atoms with Crippen LogP contribution in [0.5, 0.6) is 0 Å². The Balaban J connectivity index is 1.77. The Hall–Kier alpha value is -0.820. The fourth-order valence-corrected chi connectivity index (χ4v) is 7.44. The molecule has 0 radical (unpaired) electrons. The summed E-state index contributed by atoms with van der Waals surface area (Å²) in [4.78, 5) is 12.4. The molecule has 0 amide bonds. The highest BCUT2D eigenvalue weighted by Gasteiger charge is 2.68. The summed E-state index contributed by atoms with van der Waals surface area (Å²) in [5, 5.41) is 41.7. The van der Waals surface area contributed by atoms with Gasteiger partial charge in [-0.2, -0.15) is 0 Å². The van der Waals surface area contributed by atoms with Gasteiger partial charge in [0.25, 0.3) is 0 Å². The number of hydrogen-bond acceptors (Lipinski definition) is 5. The molecule has 3 saturated carbocycles. The monoisotopic (exact) mass is 382 g/mol. The molecule has 4 aliphatic rings. The molecule has 0 aromatic rings. The molecule has 5 nitrogen and oxygen atoms in total. The molecule has 0 aromatic carbocycles. The van der Waals surface area contributed by atoms with Gasteiger partial charge in [0.15, 0.2) is 5.78 Å². The zero-order chi connectivity index (χ0) is 19.8. The number of halogens is 1. The first-order valence-corrected chi connectivity index (χ1v) is 10.2. The molecule has 152 valence electrons. The van der Waals surface area contributed by atoms with E-state index in [0.717, 1.165) is 0 Å². The zero-order valence-corrected chi connectivity index (χ0v) is 16.1. The van der Waals surface area contributed by atoms with Crippen LogP contribution in [0.2, 0.25) is 0 Å². The Bertz CT molecular complexity index is 692. The first-order chi connectivity index (χ1) is 12.6. The summed E-state index contributed by atoms with van der Waals surface area (Å²) in [5.41, 5.74) is -2.36. The molecule has 4 N–H and O–H groups in total. The molecule has 27 heavy (non-hydrogen) atoms. The van der Waals surface area contributed by atoms with E-state index >= 15 is 4.39 Å². The van der Waals surface area contributed by atoms with Gasteiger partial charge in [-0.15, -0.1) is 0 Å². The van der Waals surface area contributed by atoms with Crippen molar-refractivity contribution in [3.63, 3.8) is 0 Å². The molecule has 0 aliphatic heterocycles. The van der Waals surface area contributed by atoms with Crippen molar-refractivity contribution in [2.75, 3.05) is 6.61 Å². The van der Waals surface area contributed by atoms with Crippen LogP contribution < -0.4 is 0 Å². The van der Waals surface area contributed by atoms with Crippen LogP contribution in [-0.2, 0) is 4.79 Å². The number of rotatable bonds is 2. The minimum absolute atomic E-state index is 0.0811. The van der Waals surface area contributed by atoms with Crippen molar-refractivity contribution in [2.24, 2.45) is 28.6 Å². The topological polar surface area (TPSA) is 98.0 Å². The van der Waals surface area contributed by atoms with Crippen molar-refractivity contribution in [1.29, 1.82) is 0 Å². The first-order valence-electron chi connectivity index (χ1n) is 10.2. The summed E-state index contributed by atoms with van der Waals surface area (Å²) in [6, 6.07) is 0. The van der Waals surface area contributed by atoms with E-state index in [2.05, 4.69) is 0 Å². The van der Waals surface area contributed by atoms with E-state index in [-0.39, 0.29) is 42.8 Å². The lowest BCUT2D eigenvalue weighted by atomic mass is 9.45. The van der Waals surface area contributed by atoms with Crippen LogP contribution in [0.1, 0.15) is 58.8 Å². The third kappa shape index (κ3) is 2.39. The van der Waals surface area contributed by atoms with Gasteiger partial charge in [0.2, 0.25) is 0 Å². The van der Waals surface area contributed by atoms with Gasteiger partial charge in [0, 0.05) is 11.8 Å². The highest BCUT2D eigenvalue weighted by molar-refractivity contribution is 5.89. The summed E-state index contributed by atoms with van der Waals surface area (Å²) in [5.74, 6) is -1.15. The van der Waals surface area contributed by atoms with Crippen molar-refractivity contribution in [1.82, 2.24) is 0 Å². The van der Waals surface area contributed by atoms with Crippen molar-refractivity contribution >= 4 is 5.78 Å². The van der Waals surface area contributed by atoms with Gasteiger partial charge in [-0.05, 0) is 67.3 Å². The summed E-state index contributed by atoms with van der Waals surface area (Å²) < 4.78 is 15.2. The maximum Gasteiger partial charge on any atom is 0.190 e. The van der Waals surface area contributed by atoms with Crippen LogP contribution in [-0.4, -0.2) is 50.6 Å². The molecule has 4 aliphatic carbocycles. The van der Waals surface area contributed by atoms with Gasteiger partial charge in [-0.1, -0.05) is 13.8 Å². The number of aliphatic hydroxyl groups excluding tert-OH is 3. The standard InChI is InChI=1S/C21H31FO5/c1-19-5-3-11(24)7-14(19)15(22)8-12-13-4-6-21(27,17(26)10-23)20(13,2)9-16(25)18(12)19/h11-13,16,18,23-25,27H,3-10H2,1-2H3/t11?,12-,13-,16?,18+,19-,20-,21-/m0/s1. The number of hydrogen-bond donors (Lipinski definition) is 4. The molecule has 2 unspecified atom stereocenters. The van der Waals surface area contributed by atoms with E-state index in [1.54, 1.807) is 0 Å². The Morgan fingerprint density at radius 3 is 2.56 bits per heavy atom. The molecule has 4 rings (SSSR count). The van der Waals surface area contributed by atoms with Gasteiger partial charge >= 0.3 is 0 Å². The first kappa shape index (κ1) is 19.5. The number of carbonyl (C=O) groups is 1. The number of ketones is 1. The second-order valence-electron chi connectivity index (χ2n) is 9.87. The quantitative estimate of drug-likeness (QED) is 0.585. The average Bonchev–Trinajstić information content (AvgIpc) is 2.87. The van der Waals surface area contributed by atoms with Crippen LogP contribution in [0.4, 0.5) is 4.39 Å². The minimum atomic E-state index is -1.66. The lowest BCUT2D eigenvalue weighted by molar-refractivity contribution is -0.181. The maximum atomic E-state index is 15.2. The highest BCUT2D eigenvalue weighted by atomic mass is 19.1. The Morgan fingerprint density at radius 2 is 1.89 bits per heavy atom. The molecule has 8 atom stereocenters. The molecule has 0 bridgehead atoms. The maximum absolute atomic E-state index is 15.2. The molecule has 0 spiro atoms. The fraction of sp³-hybridized carbons (Fsp3) is 0.857. The van der Waals surface area contributed by atoms with Crippen LogP contribution in [0, 0.1) is 28.6 Å². The SMILES string of the molecule is C[C@]12CCC(O)CC1=C(F)C[C@@H]1[C@@H]2C(O)C[C@@]2(C)[C@H]1CC[C@]2(O)C(=O)CO. The van der Waals surface area contributed by atoms with Gasteiger partial charge in [0.1, 0.15) is 18.0 Å². The van der Waals surface area contributed by atoms with Crippen molar-refractivity contribution in [2.45, 2.75) is 76.6 Å². The third-order valence-corrected chi connectivity index (χ3v) is 8.82. The summed E-state index contributed by atoms with van der Waals surface area (Å²) in [7, 11) is 0. The van der Waals surface area contributed by atoms with Crippen molar-refractivity contribution in [3.8, 4) is 0 Å².